The second-order valence-corrected chi connectivity index (χ2v) is 10.1. The molecular formula is C21H29N5O4S. The number of methoxy groups -OCH3 is 1. The van der Waals surface area contributed by atoms with Crippen LogP contribution in [0.5, 0.6) is 5.75 Å². The summed E-state index contributed by atoms with van der Waals surface area (Å²) >= 11 is 0. The van der Waals surface area contributed by atoms with Gasteiger partial charge in [0.25, 0.3) is 0 Å². The van der Waals surface area contributed by atoms with Crippen molar-refractivity contribution in [2.75, 3.05) is 46.7 Å². The highest BCUT2D eigenvalue weighted by molar-refractivity contribution is 7.89. The zero-order chi connectivity index (χ0) is 22.9. The fourth-order valence-corrected chi connectivity index (χ4v) is 4.76. The van der Waals surface area contributed by atoms with Crippen LogP contribution in [0.2, 0.25) is 0 Å². The summed E-state index contributed by atoms with van der Waals surface area (Å²) in [5.41, 5.74) is 1.48. The smallest absolute Gasteiger partial charge is 0.243 e. The molecule has 3 rings (SSSR count). The van der Waals surface area contributed by atoms with Crippen LogP contribution in [0.15, 0.2) is 29.2 Å². The van der Waals surface area contributed by atoms with Gasteiger partial charge in [-0.25, -0.2) is 18.4 Å². The third-order valence-corrected chi connectivity index (χ3v) is 7.23. The third kappa shape index (κ3) is 4.80. The molecule has 0 unspecified atom stereocenters. The zero-order valence-corrected chi connectivity index (χ0v) is 19.6. The van der Waals surface area contributed by atoms with Gasteiger partial charge in [0.2, 0.25) is 15.9 Å². The Balaban J connectivity index is 1.90. The number of aryl methyl sites for hydroxylation is 1. The van der Waals surface area contributed by atoms with E-state index in [9.17, 15) is 13.2 Å². The number of likely N-dealkylation sites (N-methyl/N-ethyl adjacent to an activating group) is 1. The Bertz CT molecular complexity index is 1090. The summed E-state index contributed by atoms with van der Waals surface area (Å²) in [6, 6.07) is 6.63. The van der Waals surface area contributed by atoms with Crippen LogP contribution in [-0.4, -0.2) is 75.3 Å². The van der Waals surface area contributed by atoms with E-state index in [4.69, 9.17) is 4.74 Å². The number of anilines is 1. The van der Waals surface area contributed by atoms with Crippen molar-refractivity contribution in [1.82, 2.24) is 19.2 Å². The molecule has 1 amide bonds. The number of benzene rings is 1. The normalized spacial score (nSPS) is 16.8. The zero-order valence-electron chi connectivity index (χ0n) is 18.8. The number of likely N-dealkylation sites (tertiary alicyclic amines) is 1. The van der Waals surface area contributed by atoms with Gasteiger partial charge in [-0.15, -0.1) is 0 Å². The van der Waals surface area contributed by atoms with Crippen LogP contribution in [0.25, 0.3) is 0 Å². The molecule has 1 aliphatic rings. The number of sulfonamides is 1. The number of ether oxygens (including phenoxy) is 1. The maximum absolute atomic E-state index is 13.1. The van der Waals surface area contributed by atoms with Crippen LogP contribution < -0.4 is 9.64 Å². The average molecular weight is 448 g/mol. The number of hydrogen-bond acceptors (Lipinski definition) is 7. The predicted octanol–water partition coefficient (Wildman–Crippen LogP) is 1.63. The molecule has 0 radical (unpaired) electrons. The molecule has 1 aromatic carbocycles. The highest BCUT2D eigenvalue weighted by atomic mass is 32.2. The number of hydrogen-bond donors (Lipinski definition) is 0. The molecule has 0 N–H and O–H groups in total. The minimum absolute atomic E-state index is 0.0125. The minimum Gasteiger partial charge on any atom is -0.496 e. The molecule has 1 atom stereocenters. The molecule has 0 spiro atoms. The largest absolute Gasteiger partial charge is 0.496 e. The van der Waals surface area contributed by atoms with Crippen molar-refractivity contribution in [2.24, 2.45) is 0 Å². The Morgan fingerprint density at radius 3 is 2.45 bits per heavy atom. The molecule has 0 bridgehead atoms. The molecule has 31 heavy (non-hydrogen) atoms. The predicted molar refractivity (Wildman–Crippen MR) is 118 cm³/mol. The van der Waals surface area contributed by atoms with E-state index < -0.39 is 10.0 Å². The fourth-order valence-electron chi connectivity index (χ4n) is 3.55. The molecule has 9 nitrogen and oxygen atoms in total. The van der Waals surface area contributed by atoms with Gasteiger partial charge in [-0.1, -0.05) is 0 Å². The van der Waals surface area contributed by atoms with Crippen molar-refractivity contribution in [3.8, 4) is 5.75 Å². The van der Waals surface area contributed by atoms with Crippen molar-refractivity contribution in [2.45, 2.75) is 30.7 Å². The highest BCUT2D eigenvalue weighted by Gasteiger charge is 2.30. The Labute approximate surface area is 183 Å². The van der Waals surface area contributed by atoms with Gasteiger partial charge in [-0.3, -0.25) is 4.79 Å². The molecule has 10 heteroatoms. The van der Waals surface area contributed by atoms with E-state index in [1.807, 2.05) is 25.1 Å². The van der Waals surface area contributed by atoms with E-state index in [1.54, 1.807) is 38.1 Å². The maximum atomic E-state index is 13.1. The summed E-state index contributed by atoms with van der Waals surface area (Å²) in [4.78, 5) is 24.8. The van der Waals surface area contributed by atoms with Crippen molar-refractivity contribution in [1.29, 1.82) is 0 Å². The number of carbonyl (C=O) groups excluding carboxylic acids is 1. The van der Waals surface area contributed by atoms with Crippen molar-refractivity contribution in [3.63, 3.8) is 0 Å². The SMILES string of the molecule is COc1ccc(S(=O)(=O)N(C)Cc2nc([C@@H]3CC(=O)N(C)C3)cc(N(C)C)n2)cc1C. The maximum Gasteiger partial charge on any atom is 0.243 e. The monoisotopic (exact) mass is 447 g/mol. The second-order valence-electron chi connectivity index (χ2n) is 8.03. The standard InChI is InChI=1S/C21H29N5O4S/c1-14-9-16(7-8-18(14)30-6)31(28,29)26(5)13-19-22-17(11-20(23-19)24(2)3)15-10-21(27)25(4)12-15/h7-9,11,15H,10,12-13H2,1-6H3/t15-/m1/s1. The lowest BCUT2D eigenvalue weighted by atomic mass is 10.0. The van der Waals surface area contributed by atoms with Crippen LogP contribution in [-0.2, 0) is 21.4 Å². The Morgan fingerprint density at radius 1 is 1.19 bits per heavy atom. The molecule has 2 heterocycles. The molecule has 0 saturated carbocycles. The molecule has 1 aliphatic heterocycles. The van der Waals surface area contributed by atoms with Gasteiger partial charge in [0.05, 0.1) is 24.2 Å². The van der Waals surface area contributed by atoms with Gasteiger partial charge in [0.15, 0.2) is 0 Å². The van der Waals surface area contributed by atoms with Gasteiger partial charge in [-0.05, 0) is 30.7 Å². The molecule has 168 valence electrons. The summed E-state index contributed by atoms with van der Waals surface area (Å²) in [5.74, 6) is 1.73. The number of rotatable bonds is 7. The summed E-state index contributed by atoms with van der Waals surface area (Å²) < 4.78 is 32.7. The quantitative estimate of drug-likeness (QED) is 0.636. The number of carbonyl (C=O) groups is 1. The third-order valence-electron chi connectivity index (χ3n) is 5.43. The first-order valence-corrected chi connectivity index (χ1v) is 11.4. The highest BCUT2D eigenvalue weighted by Crippen LogP contribution is 2.28. The number of amides is 1. The molecule has 1 aromatic heterocycles. The first-order chi connectivity index (χ1) is 14.5. The second kappa shape index (κ2) is 8.80. The van der Waals surface area contributed by atoms with E-state index in [2.05, 4.69) is 9.97 Å². The van der Waals surface area contributed by atoms with Crippen LogP contribution in [0, 0.1) is 6.92 Å². The first-order valence-electron chi connectivity index (χ1n) is 9.93. The first kappa shape index (κ1) is 23.0. The lowest BCUT2D eigenvalue weighted by Crippen LogP contribution is -2.28. The van der Waals surface area contributed by atoms with Crippen LogP contribution in [0.1, 0.15) is 29.4 Å². The summed E-state index contributed by atoms with van der Waals surface area (Å²) in [6.07, 6.45) is 0.388. The van der Waals surface area contributed by atoms with Gasteiger partial charge >= 0.3 is 0 Å². The van der Waals surface area contributed by atoms with Crippen molar-refractivity contribution in [3.05, 3.63) is 41.3 Å². The van der Waals surface area contributed by atoms with Crippen LogP contribution in [0.4, 0.5) is 5.82 Å². The van der Waals surface area contributed by atoms with Gasteiger partial charge in [0.1, 0.15) is 17.4 Å². The number of aromatic nitrogens is 2. The molecule has 2 aromatic rings. The summed E-state index contributed by atoms with van der Waals surface area (Å²) in [7, 11) is 4.81. The summed E-state index contributed by atoms with van der Waals surface area (Å²) in [5, 5.41) is 0. The van der Waals surface area contributed by atoms with Gasteiger partial charge < -0.3 is 14.5 Å². The molecule has 1 fully saturated rings. The van der Waals surface area contributed by atoms with E-state index >= 15 is 0 Å². The van der Waals surface area contributed by atoms with Crippen LogP contribution in [0.3, 0.4) is 0 Å². The Morgan fingerprint density at radius 2 is 1.90 bits per heavy atom. The van der Waals surface area contributed by atoms with Crippen molar-refractivity contribution >= 4 is 21.7 Å². The van der Waals surface area contributed by atoms with E-state index in [-0.39, 0.29) is 23.3 Å². The van der Waals surface area contributed by atoms with E-state index in [0.29, 0.717) is 30.4 Å². The molecular weight excluding hydrogens is 418 g/mol. The number of nitrogens with zero attached hydrogens (tertiary/aromatic N) is 5. The molecule has 0 aliphatic carbocycles. The van der Waals surface area contributed by atoms with Gasteiger partial charge in [-0.2, -0.15) is 4.31 Å². The minimum atomic E-state index is -3.75. The lowest BCUT2D eigenvalue weighted by molar-refractivity contribution is -0.126. The van der Waals surface area contributed by atoms with Crippen molar-refractivity contribution < 1.29 is 17.9 Å². The summed E-state index contributed by atoms with van der Waals surface area (Å²) in [6.45, 7) is 2.40. The van der Waals surface area contributed by atoms with E-state index in [1.165, 1.54) is 17.4 Å². The van der Waals surface area contributed by atoms with E-state index in [0.717, 1.165) is 11.3 Å². The fraction of sp³-hybridized carbons (Fsp3) is 0.476. The van der Waals surface area contributed by atoms with Crippen LogP contribution >= 0.6 is 0 Å². The molecule has 1 saturated heterocycles. The Hall–Kier alpha value is -2.72. The van der Waals surface area contributed by atoms with Gasteiger partial charge in [0, 0.05) is 53.1 Å². The lowest BCUT2D eigenvalue weighted by Gasteiger charge is -2.20. The Kier molecular flexibility index (Phi) is 6.51. The average Bonchev–Trinajstić information content (AvgIpc) is 3.06. The topological polar surface area (TPSA) is 95.9 Å².